The summed E-state index contributed by atoms with van der Waals surface area (Å²) in [5.74, 6) is -0.151. The molecule has 0 saturated heterocycles. The summed E-state index contributed by atoms with van der Waals surface area (Å²) >= 11 is 0. The van der Waals surface area contributed by atoms with Crippen molar-refractivity contribution in [2.24, 2.45) is 0 Å². The van der Waals surface area contributed by atoms with Gasteiger partial charge in [0.1, 0.15) is 0 Å². The Morgan fingerprint density at radius 1 is 1.10 bits per heavy atom. The number of nitrogens with one attached hydrogen (secondary N) is 1. The number of aliphatic hydroxyl groups is 1. The van der Waals surface area contributed by atoms with Crippen LogP contribution in [0.2, 0.25) is 0 Å². The number of hydrogen-bond acceptors (Lipinski definition) is 2. The fraction of sp³-hybridized carbons (Fsp3) is 0.278. The summed E-state index contributed by atoms with van der Waals surface area (Å²) in [5.41, 5.74) is 3.00. The van der Waals surface area contributed by atoms with Gasteiger partial charge < -0.3 is 10.4 Å². The fourth-order valence-corrected chi connectivity index (χ4v) is 2.42. The largest absolute Gasteiger partial charge is 0.388 e. The number of aliphatic hydroxyl groups excluding tert-OH is 1. The summed E-state index contributed by atoms with van der Waals surface area (Å²) in [6.45, 7) is 3.98. The van der Waals surface area contributed by atoms with Crippen molar-refractivity contribution in [3.05, 3.63) is 71.3 Å². The van der Waals surface area contributed by atoms with Gasteiger partial charge in [0.05, 0.1) is 18.6 Å². The van der Waals surface area contributed by atoms with E-state index < -0.39 is 6.10 Å². The van der Waals surface area contributed by atoms with Crippen molar-refractivity contribution in [2.45, 2.75) is 32.4 Å². The van der Waals surface area contributed by atoms with Crippen molar-refractivity contribution in [1.82, 2.24) is 5.32 Å². The first-order valence-corrected chi connectivity index (χ1v) is 7.16. The molecule has 2 aromatic carbocycles. The molecule has 0 aliphatic rings. The summed E-state index contributed by atoms with van der Waals surface area (Å²) in [5, 5.41) is 13.0. The molecule has 110 valence electrons. The molecule has 0 aliphatic heterocycles. The summed E-state index contributed by atoms with van der Waals surface area (Å²) in [4.78, 5) is 12.1. The zero-order valence-corrected chi connectivity index (χ0v) is 12.4. The third-order valence-electron chi connectivity index (χ3n) is 3.60. The molecule has 21 heavy (non-hydrogen) atoms. The highest BCUT2D eigenvalue weighted by Gasteiger charge is 2.16. The maximum atomic E-state index is 12.1. The van der Waals surface area contributed by atoms with Crippen molar-refractivity contribution in [2.75, 3.05) is 0 Å². The first kappa shape index (κ1) is 15.3. The fourth-order valence-electron chi connectivity index (χ4n) is 2.42. The molecule has 2 aromatic rings. The highest BCUT2D eigenvalue weighted by Crippen LogP contribution is 2.19. The number of carbonyl (C=O) groups excluding carboxylic acids is 1. The Balaban J connectivity index is 1.94. The van der Waals surface area contributed by atoms with E-state index in [1.165, 1.54) is 0 Å². The summed E-state index contributed by atoms with van der Waals surface area (Å²) < 4.78 is 0. The molecule has 3 nitrogen and oxygen atoms in total. The van der Waals surface area contributed by atoms with E-state index in [1.807, 2.05) is 68.4 Å². The molecule has 0 aliphatic carbocycles. The van der Waals surface area contributed by atoms with Crippen LogP contribution in [0.25, 0.3) is 0 Å². The van der Waals surface area contributed by atoms with E-state index >= 15 is 0 Å². The summed E-state index contributed by atoms with van der Waals surface area (Å²) in [7, 11) is 0. The van der Waals surface area contributed by atoms with Crippen LogP contribution in [0.4, 0.5) is 0 Å². The minimum Gasteiger partial charge on any atom is -0.388 e. The molecular weight excluding hydrogens is 262 g/mol. The van der Waals surface area contributed by atoms with E-state index in [0.29, 0.717) is 0 Å². The summed E-state index contributed by atoms with van der Waals surface area (Å²) in [6.07, 6.45) is -0.699. The molecule has 2 rings (SSSR count). The third kappa shape index (κ3) is 4.17. The molecule has 0 bridgehead atoms. The van der Waals surface area contributed by atoms with Crippen LogP contribution in [-0.2, 0) is 4.79 Å². The van der Waals surface area contributed by atoms with Gasteiger partial charge in [0.15, 0.2) is 0 Å². The normalized spacial score (nSPS) is 13.5. The van der Waals surface area contributed by atoms with Crippen LogP contribution >= 0.6 is 0 Å². The van der Waals surface area contributed by atoms with Gasteiger partial charge in [0.25, 0.3) is 0 Å². The molecule has 0 fully saturated rings. The maximum absolute atomic E-state index is 12.1. The standard InChI is InChI=1S/C18H21NO2/c1-13-8-6-7-11-16(13)14(2)19-18(21)12-17(20)15-9-4-3-5-10-15/h3-11,14,17,20H,12H2,1-2H3,(H,19,21). The van der Waals surface area contributed by atoms with Crippen molar-refractivity contribution in [3.8, 4) is 0 Å². The first-order chi connectivity index (χ1) is 10.1. The van der Waals surface area contributed by atoms with Gasteiger partial charge in [-0.25, -0.2) is 0 Å². The van der Waals surface area contributed by atoms with Crippen LogP contribution < -0.4 is 5.32 Å². The SMILES string of the molecule is Cc1ccccc1C(C)NC(=O)CC(O)c1ccccc1. The van der Waals surface area contributed by atoms with E-state index in [4.69, 9.17) is 0 Å². The molecule has 0 spiro atoms. The second-order valence-corrected chi connectivity index (χ2v) is 5.28. The lowest BCUT2D eigenvalue weighted by Crippen LogP contribution is -2.28. The first-order valence-electron chi connectivity index (χ1n) is 7.16. The van der Waals surface area contributed by atoms with Crippen LogP contribution in [0.1, 0.15) is 42.2 Å². The Morgan fingerprint density at radius 3 is 2.38 bits per heavy atom. The predicted octanol–water partition coefficient (Wildman–Crippen LogP) is 3.30. The second-order valence-electron chi connectivity index (χ2n) is 5.28. The summed E-state index contributed by atoms with van der Waals surface area (Å²) in [6, 6.07) is 17.1. The smallest absolute Gasteiger partial charge is 0.223 e. The van der Waals surface area contributed by atoms with Gasteiger partial charge in [-0.1, -0.05) is 54.6 Å². The molecule has 0 saturated carbocycles. The number of aryl methyl sites for hydroxylation is 1. The lowest BCUT2D eigenvalue weighted by Gasteiger charge is -2.18. The van der Waals surface area contributed by atoms with Crippen molar-refractivity contribution >= 4 is 5.91 Å². The van der Waals surface area contributed by atoms with Crippen LogP contribution in [0.15, 0.2) is 54.6 Å². The molecule has 0 radical (unpaired) electrons. The number of carbonyl (C=O) groups is 1. The van der Waals surface area contributed by atoms with Crippen LogP contribution in [-0.4, -0.2) is 11.0 Å². The Labute approximate surface area is 125 Å². The Morgan fingerprint density at radius 2 is 1.71 bits per heavy atom. The van der Waals surface area contributed by atoms with Crippen molar-refractivity contribution in [3.63, 3.8) is 0 Å². The molecule has 3 heteroatoms. The van der Waals surface area contributed by atoms with Gasteiger partial charge in [0.2, 0.25) is 5.91 Å². The molecular formula is C18H21NO2. The van der Waals surface area contributed by atoms with Gasteiger partial charge >= 0.3 is 0 Å². The number of hydrogen-bond donors (Lipinski definition) is 2. The van der Waals surface area contributed by atoms with Gasteiger partial charge in [-0.3, -0.25) is 4.79 Å². The predicted molar refractivity (Wildman–Crippen MR) is 83.8 cm³/mol. The Hall–Kier alpha value is -2.13. The maximum Gasteiger partial charge on any atom is 0.223 e. The Bertz CT molecular complexity index is 595. The molecule has 2 N–H and O–H groups in total. The quantitative estimate of drug-likeness (QED) is 0.884. The number of amides is 1. The van der Waals surface area contributed by atoms with Crippen LogP contribution in [0.3, 0.4) is 0 Å². The average Bonchev–Trinajstić information content (AvgIpc) is 2.48. The second kappa shape index (κ2) is 7.04. The third-order valence-corrected chi connectivity index (χ3v) is 3.60. The zero-order valence-electron chi connectivity index (χ0n) is 12.4. The van der Waals surface area contributed by atoms with Gasteiger partial charge in [-0.2, -0.15) is 0 Å². The molecule has 0 aromatic heterocycles. The lowest BCUT2D eigenvalue weighted by atomic mass is 10.0. The number of benzene rings is 2. The highest BCUT2D eigenvalue weighted by molar-refractivity contribution is 5.77. The number of rotatable bonds is 5. The van der Waals surface area contributed by atoms with Crippen LogP contribution in [0, 0.1) is 6.92 Å². The molecule has 1 amide bonds. The van der Waals surface area contributed by atoms with E-state index in [9.17, 15) is 9.90 Å². The van der Waals surface area contributed by atoms with E-state index in [0.717, 1.165) is 16.7 Å². The Kier molecular flexibility index (Phi) is 5.12. The average molecular weight is 283 g/mol. The van der Waals surface area contributed by atoms with Crippen LogP contribution in [0.5, 0.6) is 0 Å². The topological polar surface area (TPSA) is 49.3 Å². The molecule has 2 unspecified atom stereocenters. The van der Waals surface area contributed by atoms with Gasteiger partial charge in [-0.15, -0.1) is 0 Å². The van der Waals surface area contributed by atoms with Gasteiger partial charge in [0, 0.05) is 0 Å². The van der Waals surface area contributed by atoms with E-state index in [2.05, 4.69) is 5.32 Å². The van der Waals surface area contributed by atoms with E-state index in [-0.39, 0.29) is 18.4 Å². The monoisotopic (exact) mass is 283 g/mol. The zero-order chi connectivity index (χ0) is 15.2. The van der Waals surface area contributed by atoms with Crippen molar-refractivity contribution < 1.29 is 9.90 Å². The van der Waals surface area contributed by atoms with E-state index in [1.54, 1.807) is 0 Å². The highest BCUT2D eigenvalue weighted by atomic mass is 16.3. The molecule has 0 heterocycles. The minimum atomic E-state index is -0.768. The molecule has 2 atom stereocenters. The minimum absolute atomic E-state index is 0.0679. The van der Waals surface area contributed by atoms with Crippen molar-refractivity contribution in [1.29, 1.82) is 0 Å². The lowest BCUT2D eigenvalue weighted by molar-refractivity contribution is -0.123. The van der Waals surface area contributed by atoms with Gasteiger partial charge in [-0.05, 0) is 30.5 Å².